The molecule has 3 rings (SSSR count). The van der Waals surface area contributed by atoms with Gasteiger partial charge in [-0.15, -0.1) is 0 Å². The lowest BCUT2D eigenvalue weighted by atomic mass is 10.0. The molecule has 0 radical (unpaired) electrons. The molecular formula is C28H28N2O8S4. The van der Waals surface area contributed by atoms with E-state index in [0.29, 0.717) is 25.7 Å². The molecule has 1 aromatic carbocycles. The van der Waals surface area contributed by atoms with Crippen molar-refractivity contribution >= 4 is 70.9 Å². The highest BCUT2D eigenvalue weighted by Gasteiger charge is 2.41. The number of carboxylic acid groups (broad SMARTS) is 2. The van der Waals surface area contributed by atoms with Crippen LogP contribution < -0.4 is 9.47 Å². The van der Waals surface area contributed by atoms with Gasteiger partial charge in [0.25, 0.3) is 0 Å². The summed E-state index contributed by atoms with van der Waals surface area (Å²) in [5, 5.41) is 38.4. The van der Waals surface area contributed by atoms with E-state index >= 15 is 0 Å². The number of ether oxygens (including phenoxy) is 2. The highest BCUT2D eigenvalue weighted by atomic mass is 32.2. The van der Waals surface area contributed by atoms with Gasteiger partial charge in [0.05, 0.1) is 39.9 Å². The molecule has 222 valence electrons. The number of carboxylic acids is 2. The fraction of sp³-hybridized carbons (Fsp3) is 0.429. The van der Waals surface area contributed by atoms with E-state index in [-0.39, 0.29) is 39.6 Å². The molecule has 42 heavy (non-hydrogen) atoms. The van der Waals surface area contributed by atoms with Crippen LogP contribution in [-0.4, -0.2) is 34.1 Å². The first kappa shape index (κ1) is 33.5. The maximum atomic E-state index is 13.3. The molecule has 0 bridgehead atoms. The lowest BCUT2D eigenvalue weighted by molar-refractivity contribution is -0.141. The standard InChI is InChI=1S/C28H28N2O8S4/c1-5-9-13(7-3)25(35)37-17-19-21(41-27(39-19)15(11-29)23(31)32)18(38-26(36)14(8-4)10-6-2)22-20(17)40-28(42-22)16(12-30)24(33)34/h13-14H,5-10H2,1-4H3,(H,31,32)(H,33,34). The van der Waals surface area contributed by atoms with E-state index in [1.165, 1.54) is 0 Å². The Morgan fingerprint density at radius 1 is 0.667 bits per heavy atom. The first-order chi connectivity index (χ1) is 20.1. The molecular weight excluding hydrogens is 621 g/mol. The van der Waals surface area contributed by atoms with Crippen LogP contribution in [0, 0.1) is 34.5 Å². The monoisotopic (exact) mass is 648 g/mol. The molecule has 0 fully saturated rings. The lowest BCUT2D eigenvalue weighted by Gasteiger charge is -2.20. The van der Waals surface area contributed by atoms with Crippen molar-refractivity contribution in [1.82, 2.24) is 0 Å². The molecule has 10 nitrogen and oxygen atoms in total. The predicted molar refractivity (Wildman–Crippen MR) is 159 cm³/mol. The molecule has 2 unspecified atom stereocenters. The van der Waals surface area contributed by atoms with Gasteiger partial charge in [-0.2, -0.15) is 10.5 Å². The maximum Gasteiger partial charge on any atom is 0.348 e. The summed E-state index contributed by atoms with van der Waals surface area (Å²) in [7, 11) is 0. The zero-order valence-electron chi connectivity index (χ0n) is 23.3. The van der Waals surface area contributed by atoms with Crippen molar-refractivity contribution in [1.29, 1.82) is 10.5 Å². The summed E-state index contributed by atoms with van der Waals surface area (Å²) in [6, 6.07) is 3.38. The molecule has 0 spiro atoms. The van der Waals surface area contributed by atoms with Crippen LogP contribution in [0.2, 0.25) is 0 Å². The van der Waals surface area contributed by atoms with E-state index in [2.05, 4.69) is 0 Å². The number of benzene rings is 1. The molecule has 2 aliphatic heterocycles. The van der Waals surface area contributed by atoms with Crippen LogP contribution >= 0.6 is 47.0 Å². The molecule has 0 amide bonds. The topological polar surface area (TPSA) is 175 Å². The minimum absolute atomic E-state index is 0.0466. The molecule has 2 aliphatic rings. The molecule has 1 aromatic rings. The van der Waals surface area contributed by atoms with Crippen molar-refractivity contribution in [3.05, 3.63) is 19.6 Å². The van der Waals surface area contributed by atoms with Gasteiger partial charge in [-0.05, 0) is 25.7 Å². The van der Waals surface area contributed by atoms with E-state index < -0.39 is 46.9 Å². The van der Waals surface area contributed by atoms with Gasteiger partial charge in [-0.25, -0.2) is 9.59 Å². The van der Waals surface area contributed by atoms with Gasteiger partial charge in [0.2, 0.25) is 0 Å². The number of carbonyl (C=O) groups is 4. The zero-order chi connectivity index (χ0) is 31.1. The number of hydrogen-bond donors (Lipinski definition) is 2. The Labute approximate surface area is 260 Å². The summed E-state index contributed by atoms with van der Waals surface area (Å²) in [6.07, 6.45) is 3.63. The van der Waals surface area contributed by atoms with Crippen LogP contribution in [0.15, 0.2) is 39.2 Å². The largest absolute Gasteiger partial charge is 0.477 e. The summed E-state index contributed by atoms with van der Waals surface area (Å²) >= 11 is 3.61. The quantitative estimate of drug-likeness (QED) is 0.101. The van der Waals surface area contributed by atoms with E-state index in [4.69, 9.17) is 9.47 Å². The first-order valence-electron chi connectivity index (χ1n) is 13.2. The molecule has 0 saturated heterocycles. The number of hydrogen-bond acceptors (Lipinski definition) is 12. The molecule has 0 aliphatic carbocycles. The maximum absolute atomic E-state index is 13.3. The molecule has 2 atom stereocenters. The van der Waals surface area contributed by atoms with Crippen LogP contribution in [0.3, 0.4) is 0 Å². The van der Waals surface area contributed by atoms with Gasteiger partial charge in [0.1, 0.15) is 12.1 Å². The molecule has 0 saturated carbocycles. The van der Waals surface area contributed by atoms with Gasteiger partial charge in [0.15, 0.2) is 22.6 Å². The van der Waals surface area contributed by atoms with Crippen LogP contribution in [0.5, 0.6) is 11.5 Å². The number of carbonyl (C=O) groups excluding carboxylic acids is 2. The van der Waals surface area contributed by atoms with E-state index in [1.807, 2.05) is 27.7 Å². The highest BCUT2D eigenvalue weighted by Crippen LogP contribution is 2.68. The normalized spacial score (nSPS) is 14.6. The number of esters is 2. The third kappa shape index (κ3) is 6.94. The minimum atomic E-state index is -1.44. The third-order valence-corrected chi connectivity index (χ3v) is 11.6. The highest BCUT2D eigenvalue weighted by molar-refractivity contribution is 8.26. The van der Waals surface area contributed by atoms with Crippen LogP contribution in [0.4, 0.5) is 0 Å². The Morgan fingerprint density at radius 3 is 1.19 bits per heavy atom. The smallest absolute Gasteiger partial charge is 0.348 e. The molecule has 0 aromatic heterocycles. The van der Waals surface area contributed by atoms with Crippen LogP contribution in [-0.2, 0) is 19.2 Å². The second kappa shape index (κ2) is 14.9. The summed E-state index contributed by atoms with van der Waals surface area (Å²) < 4.78 is 12.1. The third-order valence-electron chi connectivity index (χ3n) is 6.41. The number of aliphatic carboxylic acids is 2. The van der Waals surface area contributed by atoms with Crippen molar-refractivity contribution in [2.75, 3.05) is 0 Å². The van der Waals surface area contributed by atoms with Crippen molar-refractivity contribution in [2.24, 2.45) is 11.8 Å². The predicted octanol–water partition coefficient (Wildman–Crippen LogP) is 7.19. The summed E-state index contributed by atoms with van der Waals surface area (Å²) in [6.45, 7) is 7.59. The Balaban J connectivity index is 2.33. The Hall–Kier alpha value is -3.04. The van der Waals surface area contributed by atoms with Gasteiger partial charge in [-0.3, -0.25) is 9.59 Å². The molecule has 14 heteroatoms. The Bertz CT molecular complexity index is 1320. The van der Waals surface area contributed by atoms with Crippen molar-refractivity contribution in [3.8, 4) is 23.6 Å². The van der Waals surface area contributed by atoms with Crippen LogP contribution in [0.25, 0.3) is 0 Å². The Kier molecular flexibility index (Phi) is 11.9. The fourth-order valence-corrected chi connectivity index (χ4v) is 9.53. The first-order valence-corrected chi connectivity index (χ1v) is 16.5. The zero-order valence-corrected chi connectivity index (χ0v) is 26.5. The summed E-state index contributed by atoms with van der Waals surface area (Å²) in [4.78, 5) is 51.4. The van der Waals surface area contributed by atoms with E-state index in [0.717, 1.165) is 59.9 Å². The number of thioether (sulfide) groups is 4. The number of nitrogens with zero attached hydrogens (tertiary/aromatic N) is 2. The average molecular weight is 649 g/mol. The van der Waals surface area contributed by atoms with Gasteiger partial charge in [0, 0.05) is 0 Å². The summed E-state index contributed by atoms with van der Waals surface area (Å²) in [5.41, 5.74) is -1.05. The average Bonchev–Trinajstić information content (AvgIpc) is 3.57. The van der Waals surface area contributed by atoms with Gasteiger partial charge >= 0.3 is 23.9 Å². The second-order valence-corrected chi connectivity index (χ2v) is 13.8. The van der Waals surface area contributed by atoms with Crippen LogP contribution in [0.1, 0.15) is 66.2 Å². The van der Waals surface area contributed by atoms with E-state index in [9.17, 15) is 39.9 Å². The van der Waals surface area contributed by atoms with Gasteiger partial charge < -0.3 is 19.7 Å². The molecule has 2 heterocycles. The minimum Gasteiger partial charge on any atom is -0.477 e. The fourth-order valence-electron chi connectivity index (χ4n) is 4.20. The molecule has 2 N–H and O–H groups in total. The summed E-state index contributed by atoms with van der Waals surface area (Å²) in [5.74, 6) is -4.69. The lowest BCUT2D eigenvalue weighted by Crippen LogP contribution is -2.21. The SMILES string of the molecule is CCCC(CC)C(=O)Oc1c2c(c(OC(=O)C(CC)CCC)c3c1SC(=C(C#N)C(=O)O)S3)SC(=C(C#N)C(=O)O)S2. The van der Waals surface area contributed by atoms with Gasteiger partial charge in [-0.1, -0.05) is 87.6 Å². The van der Waals surface area contributed by atoms with Crippen molar-refractivity contribution < 1.29 is 38.9 Å². The number of rotatable bonds is 12. The van der Waals surface area contributed by atoms with E-state index in [1.54, 1.807) is 12.1 Å². The number of nitriles is 2. The number of fused-ring (bicyclic) bond motifs is 2. The second-order valence-electron chi connectivity index (χ2n) is 9.17. The Morgan fingerprint density at radius 2 is 0.976 bits per heavy atom. The van der Waals surface area contributed by atoms with Crippen molar-refractivity contribution in [3.63, 3.8) is 0 Å². The van der Waals surface area contributed by atoms with Crippen molar-refractivity contribution in [2.45, 2.75) is 85.8 Å².